The average molecular weight is 241 g/mol. The molecule has 17 heavy (non-hydrogen) atoms. The molecule has 0 fully saturated rings. The molecule has 8 heteroatoms. The molecule has 0 saturated carbocycles. The van der Waals surface area contributed by atoms with Gasteiger partial charge in [0.15, 0.2) is 0 Å². The van der Waals surface area contributed by atoms with Crippen molar-refractivity contribution in [2.45, 2.75) is 19.8 Å². The zero-order chi connectivity index (χ0) is 13.0. The van der Waals surface area contributed by atoms with E-state index in [0.717, 1.165) is 6.42 Å². The second-order valence-electron chi connectivity index (χ2n) is 3.59. The van der Waals surface area contributed by atoms with Crippen molar-refractivity contribution in [1.29, 1.82) is 0 Å². The van der Waals surface area contributed by atoms with Crippen LogP contribution in [0.3, 0.4) is 0 Å². The van der Waals surface area contributed by atoms with Crippen molar-refractivity contribution >= 4 is 17.4 Å². The van der Waals surface area contributed by atoms with Crippen molar-refractivity contribution in [3.05, 3.63) is 15.8 Å². The normalized spacial score (nSPS) is 10.2. The van der Waals surface area contributed by atoms with Crippen molar-refractivity contribution in [3.63, 3.8) is 0 Å². The largest absolute Gasteiger partial charge is 0.368 e. The molecular formula is C9H15N5O3. The first-order chi connectivity index (χ1) is 7.97. The predicted molar refractivity (Wildman–Crippen MR) is 61.5 cm³/mol. The van der Waals surface area contributed by atoms with E-state index in [1.807, 2.05) is 6.92 Å². The van der Waals surface area contributed by atoms with E-state index in [1.165, 1.54) is 4.68 Å². The van der Waals surface area contributed by atoms with Gasteiger partial charge in [-0.2, -0.15) is 5.10 Å². The molecule has 1 aromatic heterocycles. The Morgan fingerprint density at radius 2 is 2.29 bits per heavy atom. The van der Waals surface area contributed by atoms with Gasteiger partial charge in [0.05, 0.1) is 11.5 Å². The van der Waals surface area contributed by atoms with E-state index in [-0.39, 0.29) is 18.1 Å². The number of nitrogens with zero attached hydrogens (tertiary/aromatic N) is 3. The highest BCUT2D eigenvalue weighted by Gasteiger charge is 2.25. The van der Waals surface area contributed by atoms with E-state index < -0.39 is 10.8 Å². The summed E-state index contributed by atoms with van der Waals surface area (Å²) in [4.78, 5) is 21.1. The fourth-order valence-electron chi connectivity index (χ4n) is 1.53. The Balaban J connectivity index is 3.08. The standard InChI is InChI=1S/C9H15N5O3/c1-3-4-6-8(14(16)17)9(13(2)12-6)11-5-7(10)15/h11H,3-5H2,1-2H3,(H2,10,15). The molecule has 1 aromatic rings. The molecule has 0 saturated heterocycles. The molecule has 1 amide bonds. The highest BCUT2D eigenvalue weighted by atomic mass is 16.6. The number of aryl methyl sites for hydroxylation is 2. The number of anilines is 1. The SMILES string of the molecule is CCCc1nn(C)c(NCC(N)=O)c1[N+](=O)[O-]. The lowest BCUT2D eigenvalue weighted by Gasteiger charge is -2.02. The first kappa shape index (κ1) is 12.9. The molecule has 0 aliphatic carbocycles. The van der Waals surface area contributed by atoms with Crippen LogP contribution < -0.4 is 11.1 Å². The van der Waals surface area contributed by atoms with Crippen LogP contribution in [0.15, 0.2) is 0 Å². The lowest BCUT2D eigenvalue weighted by molar-refractivity contribution is -0.384. The summed E-state index contributed by atoms with van der Waals surface area (Å²) in [5.74, 6) is -0.380. The molecule has 0 bridgehead atoms. The number of hydrogen-bond donors (Lipinski definition) is 2. The van der Waals surface area contributed by atoms with Gasteiger partial charge >= 0.3 is 5.69 Å². The van der Waals surface area contributed by atoms with Gasteiger partial charge in [0.25, 0.3) is 0 Å². The summed E-state index contributed by atoms with van der Waals surface area (Å²) in [5, 5.41) is 17.7. The molecule has 0 aliphatic rings. The van der Waals surface area contributed by atoms with Crippen molar-refractivity contribution in [2.75, 3.05) is 11.9 Å². The fraction of sp³-hybridized carbons (Fsp3) is 0.556. The maximum absolute atomic E-state index is 11.0. The highest BCUT2D eigenvalue weighted by molar-refractivity contribution is 5.79. The molecule has 0 unspecified atom stereocenters. The zero-order valence-corrected chi connectivity index (χ0v) is 9.77. The summed E-state index contributed by atoms with van der Waals surface area (Å²) in [7, 11) is 1.58. The zero-order valence-electron chi connectivity index (χ0n) is 9.77. The average Bonchev–Trinajstić information content (AvgIpc) is 2.52. The molecular weight excluding hydrogens is 226 g/mol. The van der Waals surface area contributed by atoms with Crippen molar-refractivity contribution < 1.29 is 9.72 Å². The van der Waals surface area contributed by atoms with Crippen molar-refractivity contribution in [2.24, 2.45) is 12.8 Å². The van der Waals surface area contributed by atoms with Crippen LogP contribution in [-0.2, 0) is 18.3 Å². The van der Waals surface area contributed by atoms with Crippen LogP contribution in [0, 0.1) is 10.1 Å². The lowest BCUT2D eigenvalue weighted by atomic mass is 10.2. The molecule has 1 heterocycles. The molecule has 0 spiro atoms. The number of nitrogens with two attached hydrogens (primary N) is 1. The number of carbonyl (C=O) groups is 1. The van der Waals surface area contributed by atoms with E-state index in [2.05, 4.69) is 10.4 Å². The van der Waals surface area contributed by atoms with Crippen LogP contribution in [-0.4, -0.2) is 27.2 Å². The van der Waals surface area contributed by atoms with Gasteiger partial charge in [0.2, 0.25) is 11.7 Å². The van der Waals surface area contributed by atoms with Crippen LogP contribution in [0.1, 0.15) is 19.0 Å². The van der Waals surface area contributed by atoms with Gasteiger partial charge in [-0.15, -0.1) is 0 Å². The minimum absolute atomic E-state index is 0.0874. The van der Waals surface area contributed by atoms with Crippen LogP contribution in [0.4, 0.5) is 11.5 Å². The third-order valence-corrected chi connectivity index (χ3v) is 2.19. The highest BCUT2D eigenvalue weighted by Crippen LogP contribution is 2.28. The number of rotatable bonds is 6. The maximum Gasteiger partial charge on any atom is 0.334 e. The number of aromatic nitrogens is 2. The molecule has 0 radical (unpaired) electrons. The third kappa shape index (κ3) is 2.92. The summed E-state index contributed by atoms with van der Waals surface area (Å²) in [6.45, 7) is 1.75. The minimum atomic E-state index is -0.586. The molecule has 94 valence electrons. The maximum atomic E-state index is 11.0. The molecule has 3 N–H and O–H groups in total. The summed E-state index contributed by atoms with van der Waals surface area (Å²) >= 11 is 0. The lowest BCUT2D eigenvalue weighted by Crippen LogP contribution is -2.23. The Labute approximate surface area is 97.9 Å². The monoisotopic (exact) mass is 241 g/mol. The summed E-state index contributed by atoms with van der Waals surface area (Å²) < 4.78 is 1.35. The van der Waals surface area contributed by atoms with Crippen LogP contribution in [0.25, 0.3) is 0 Å². The Bertz CT molecular complexity index is 440. The second-order valence-corrected chi connectivity index (χ2v) is 3.59. The van der Waals surface area contributed by atoms with Gasteiger partial charge in [-0.1, -0.05) is 13.3 Å². The van der Waals surface area contributed by atoms with Crippen LogP contribution in [0.2, 0.25) is 0 Å². The van der Waals surface area contributed by atoms with Gasteiger partial charge in [-0.3, -0.25) is 14.9 Å². The van der Waals surface area contributed by atoms with Crippen molar-refractivity contribution in [1.82, 2.24) is 9.78 Å². The topological polar surface area (TPSA) is 116 Å². The summed E-state index contributed by atoms with van der Waals surface area (Å²) in [6, 6.07) is 0. The summed E-state index contributed by atoms with van der Waals surface area (Å²) in [5.41, 5.74) is 5.30. The van der Waals surface area contributed by atoms with Crippen molar-refractivity contribution in [3.8, 4) is 0 Å². The molecule has 0 atom stereocenters. The smallest absolute Gasteiger partial charge is 0.334 e. The van der Waals surface area contributed by atoms with Gasteiger partial charge in [0.1, 0.15) is 5.69 Å². The van der Waals surface area contributed by atoms with E-state index in [9.17, 15) is 14.9 Å². The molecule has 0 aliphatic heterocycles. The second kappa shape index (κ2) is 5.28. The number of nitro groups is 1. The quantitative estimate of drug-likeness (QED) is 0.544. The van der Waals surface area contributed by atoms with E-state index >= 15 is 0 Å². The van der Waals surface area contributed by atoms with E-state index in [0.29, 0.717) is 12.1 Å². The van der Waals surface area contributed by atoms with Crippen LogP contribution >= 0.6 is 0 Å². The van der Waals surface area contributed by atoms with E-state index in [4.69, 9.17) is 5.73 Å². The van der Waals surface area contributed by atoms with Gasteiger partial charge < -0.3 is 11.1 Å². The third-order valence-electron chi connectivity index (χ3n) is 2.19. The molecule has 1 rings (SSSR count). The predicted octanol–water partition coefficient (Wildman–Crippen LogP) is 0.178. The minimum Gasteiger partial charge on any atom is -0.368 e. The van der Waals surface area contributed by atoms with E-state index in [1.54, 1.807) is 7.05 Å². The van der Waals surface area contributed by atoms with Gasteiger partial charge in [-0.25, -0.2) is 4.68 Å². The number of amides is 1. The Hall–Kier alpha value is -2.12. The first-order valence-electron chi connectivity index (χ1n) is 5.19. The Kier molecular flexibility index (Phi) is 4.02. The number of nitrogens with one attached hydrogen (secondary N) is 1. The number of primary amides is 1. The van der Waals surface area contributed by atoms with Gasteiger partial charge in [-0.05, 0) is 6.42 Å². The Morgan fingerprint density at radius 1 is 1.65 bits per heavy atom. The number of hydrogen-bond acceptors (Lipinski definition) is 5. The number of carbonyl (C=O) groups excluding carboxylic acids is 1. The Morgan fingerprint density at radius 3 is 2.76 bits per heavy atom. The van der Waals surface area contributed by atoms with Gasteiger partial charge in [0, 0.05) is 7.05 Å². The summed E-state index contributed by atoms with van der Waals surface area (Å²) in [6.07, 6.45) is 1.27. The fourth-order valence-corrected chi connectivity index (χ4v) is 1.53. The molecule has 0 aromatic carbocycles. The first-order valence-corrected chi connectivity index (χ1v) is 5.19. The van der Waals surface area contributed by atoms with Crippen LogP contribution in [0.5, 0.6) is 0 Å². The molecule has 8 nitrogen and oxygen atoms in total.